The van der Waals surface area contributed by atoms with E-state index in [1.54, 1.807) is 24.3 Å². The van der Waals surface area contributed by atoms with Crippen molar-refractivity contribution in [3.8, 4) is 11.1 Å². The quantitative estimate of drug-likeness (QED) is 0.387. The second-order valence-electron chi connectivity index (χ2n) is 10.8. The molecule has 2 amide bonds. The smallest absolute Gasteiger partial charge is 0.339 e. The molecule has 0 radical (unpaired) electrons. The van der Waals surface area contributed by atoms with Crippen LogP contribution in [0.15, 0.2) is 36.4 Å². The first-order chi connectivity index (χ1) is 18.6. The predicted molar refractivity (Wildman–Crippen MR) is 146 cm³/mol. The molecule has 2 aromatic carbocycles. The average molecular weight is 582 g/mol. The van der Waals surface area contributed by atoms with Gasteiger partial charge in [-0.25, -0.2) is 5.01 Å². The minimum atomic E-state index is -4.21. The number of rotatable bonds is 5. The molecule has 5 rings (SSSR count). The first kappa shape index (κ1) is 28.2. The summed E-state index contributed by atoms with van der Waals surface area (Å²) in [7, 11) is 0. The van der Waals surface area contributed by atoms with Gasteiger partial charge < -0.3 is 4.90 Å². The van der Waals surface area contributed by atoms with E-state index in [2.05, 4.69) is 5.01 Å². The van der Waals surface area contributed by atoms with Crippen LogP contribution in [-0.4, -0.2) is 65.6 Å². The number of piperidine rings is 2. The van der Waals surface area contributed by atoms with Gasteiger partial charge in [-0.2, -0.15) is 13.2 Å². The lowest BCUT2D eigenvalue weighted by Gasteiger charge is -2.34. The van der Waals surface area contributed by atoms with E-state index in [1.165, 1.54) is 11.3 Å². The van der Waals surface area contributed by atoms with Gasteiger partial charge in [0.25, 0.3) is 5.91 Å². The molecule has 39 heavy (non-hydrogen) atoms. The highest BCUT2D eigenvalue weighted by atomic mass is 35.5. The van der Waals surface area contributed by atoms with Crippen LogP contribution in [0.4, 0.5) is 13.2 Å². The predicted octanol–water partition coefficient (Wildman–Crippen LogP) is 6.87. The standard InChI is InChI=1S/C29H32Cl2F3N3O2/c30-25-17-22(18-26(31)24(25)16-21-8-15-37(28(21)39)36-11-2-1-3-12-36)19-4-6-20(7-5-19)27(38)35-13-9-23(10-14-35)29(32,33)34/h4-7,17-18,21,23H,1-3,8-16H2/t21-/m0/s1. The van der Waals surface area contributed by atoms with E-state index in [9.17, 15) is 22.8 Å². The number of nitrogens with zero attached hydrogens (tertiary/aromatic N) is 3. The van der Waals surface area contributed by atoms with E-state index in [0.29, 0.717) is 22.0 Å². The molecule has 1 atom stereocenters. The van der Waals surface area contributed by atoms with Crippen LogP contribution in [0.2, 0.25) is 10.0 Å². The fraction of sp³-hybridized carbons (Fsp3) is 0.517. The van der Waals surface area contributed by atoms with Crippen molar-refractivity contribution in [2.45, 2.75) is 51.1 Å². The number of hydrogen-bond acceptors (Lipinski definition) is 3. The molecule has 3 fully saturated rings. The second kappa shape index (κ2) is 11.7. The van der Waals surface area contributed by atoms with Gasteiger partial charge in [-0.15, -0.1) is 0 Å². The summed E-state index contributed by atoms with van der Waals surface area (Å²) in [5.41, 5.74) is 2.78. The van der Waals surface area contributed by atoms with Gasteiger partial charge in [-0.3, -0.25) is 14.6 Å². The zero-order chi connectivity index (χ0) is 27.7. The molecule has 0 aliphatic carbocycles. The Labute approximate surface area is 236 Å². The van der Waals surface area contributed by atoms with Crippen molar-refractivity contribution in [3.05, 3.63) is 57.6 Å². The highest BCUT2D eigenvalue weighted by Crippen LogP contribution is 2.37. The van der Waals surface area contributed by atoms with Crippen LogP contribution >= 0.6 is 23.2 Å². The Morgan fingerprint density at radius 1 is 0.846 bits per heavy atom. The third-order valence-corrected chi connectivity index (χ3v) is 8.94. The molecule has 0 saturated carbocycles. The van der Waals surface area contributed by atoms with Gasteiger partial charge in [0.05, 0.1) is 5.92 Å². The van der Waals surface area contributed by atoms with Crippen LogP contribution in [-0.2, 0) is 11.2 Å². The third kappa shape index (κ3) is 6.23. The Bertz CT molecular complexity index is 1180. The van der Waals surface area contributed by atoms with E-state index >= 15 is 0 Å². The Morgan fingerprint density at radius 2 is 1.46 bits per heavy atom. The van der Waals surface area contributed by atoms with E-state index in [0.717, 1.165) is 55.6 Å². The van der Waals surface area contributed by atoms with Gasteiger partial charge in [0.1, 0.15) is 0 Å². The first-order valence-electron chi connectivity index (χ1n) is 13.6. The topological polar surface area (TPSA) is 43.9 Å². The number of carbonyl (C=O) groups is 2. The fourth-order valence-corrected chi connectivity index (χ4v) is 6.56. The summed E-state index contributed by atoms with van der Waals surface area (Å²) in [6, 6.07) is 10.6. The lowest BCUT2D eigenvalue weighted by Crippen LogP contribution is -2.47. The summed E-state index contributed by atoms with van der Waals surface area (Å²) in [5, 5.41) is 5.07. The number of halogens is 5. The number of likely N-dealkylation sites (tertiary alicyclic amines) is 1. The molecule has 3 aliphatic heterocycles. The summed E-state index contributed by atoms with van der Waals surface area (Å²) in [4.78, 5) is 27.4. The summed E-state index contributed by atoms with van der Waals surface area (Å²) >= 11 is 13.3. The van der Waals surface area contributed by atoms with Crippen molar-refractivity contribution < 1.29 is 22.8 Å². The molecule has 3 saturated heterocycles. The van der Waals surface area contributed by atoms with E-state index < -0.39 is 12.1 Å². The number of hydrogen-bond donors (Lipinski definition) is 0. The van der Waals surface area contributed by atoms with Crippen molar-refractivity contribution >= 4 is 35.0 Å². The zero-order valence-electron chi connectivity index (χ0n) is 21.7. The molecule has 0 aromatic heterocycles. The van der Waals surface area contributed by atoms with Crippen molar-refractivity contribution in [1.29, 1.82) is 0 Å². The Hall–Kier alpha value is -2.29. The lowest BCUT2D eigenvalue weighted by molar-refractivity contribution is -0.183. The normalized spacial score (nSPS) is 21.6. The minimum absolute atomic E-state index is 0.0700. The van der Waals surface area contributed by atoms with Gasteiger partial charge in [0.2, 0.25) is 5.91 Å². The molecule has 10 heteroatoms. The van der Waals surface area contributed by atoms with E-state index in [4.69, 9.17) is 23.2 Å². The number of alkyl halides is 3. The van der Waals surface area contributed by atoms with Crippen molar-refractivity contribution in [2.24, 2.45) is 11.8 Å². The number of benzene rings is 2. The molecule has 5 nitrogen and oxygen atoms in total. The van der Waals surface area contributed by atoms with E-state index in [-0.39, 0.29) is 43.7 Å². The molecule has 0 N–H and O–H groups in total. The summed E-state index contributed by atoms with van der Waals surface area (Å²) in [6.07, 6.45) is 0.343. The van der Waals surface area contributed by atoms with Crippen molar-refractivity contribution in [2.75, 3.05) is 32.7 Å². The van der Waals surface area contributed by atoms with Crippen LogP contribution < -0.4 is 0 Å². The van der Waals surface area contributed by atoms with Gasteiger partial charge in [0.15, 0.2) is 0 Å². The first-order valence-corrected chi connectivity index (χ1v) is 14.4. The van der Waals surface area contributed by atoms with Crippen LogP contribution in [0.25, 0.3) is 11.1 Å². The maximum atomic E-state index is 13.1. The third-order valence-electron chi connectivity index (χ3n) is 8.27. The van der Waals surface area contributed by atoms with Gasteiger partial charge >= 0.3 is 6.18 Å². The van der Waals surface area contributed by atoms with Crippen molar-refractivity contribution in [1.82, 2.24) is 14.9 Å². The van der Waals surface area contributed by atoms with Crippen LogP contribution in [0.5, 0.6) is 0 Å². The minimum Gasteiger partial charge on any atom is -0.339 e. The zero-order valence-corrected chi connectivity index (χ0v) is 23.2. The Kier molecular flexibility index (Phi) is 8.45. The fourth-order valence-electron chi connectivity index (χ4n) is 5.92. The highest BCUT2D eigenvalue weighted by molar-refractivity contribution is 6.36. The monoisotopic (exact) mass is 581 g/mol. The van der Waals surface area contributed by atoms with Gasteiger partial charge in [0, 0.05) is 54.3 Å². The largest absolute Gasteiger partial charge is 0.391 e. The molecule has 210 valence electrons. The Balaban J connectivity index is 1.23. The molecule has 3 aliphatic rings. The lowest BCUT2D eigenvalue weighted by atomic mass is 9.95. The molecule has 0 spiro atoms. The van der Waals surface area contributed by atoms with Gasteiger partial charge in [-0.1, -0.05) is 41.8 Å². The van der Waals surface area contributed by atoms with Gasteiger partial charge in [-0.05, 0) is 79.5 Å². The molecule has 2 aromatic rings. The second-order valence-corrected chi connectivity index (χ2v) is 11.6. The average Bonchev–Trinajstić information content (AvgIpc) is 3.30. The molecular weight excluding hydrogens is 550 g/mol. The summed E-state index contributed by atoms with van der Waals surface area (Å²) in [6.45, 7) is 2.76. The van der Waals surface area contributed by atoms with Crippen LogP contribution in [0.1, 0.15) is 54.4 Å². The molecule has 0 unspecified atom stereocenters. The number of carbonyl (C=O) groups excluding carboxylic acids is 2. The summed E-state index contributed by atoms with van der Waals surface area (Å²) < 4.78 is 38.8. The summed E-state index contributed by atoms with van der Waals surface area (Å²) in [5.74, 6) is -1.63. The van der Waals surface area contributed by atoms with Crippen molar-refractivity contribution in [3.63, 3.8) is 0 Å². The van der Waals surface area contributed by atoms with Crippen LogP contribution in [0, 0.1) is 11.8 Å². The Morgan fingerprint density at radius 3 is 2.05 bits per heavy atom. The highest BCUT2D eigenvalue weighted by Gasteiger charge is 2.42. The molecular formula is C29H32Cl2F3N3O2. The number of hydrazine groups is 1. The number of amides is 2. The molecule has 0 bridgehead atoms. The SMILES string of the molecule is O=C(c1ccc(-c2cc(Cl)c(C[C@@H]3CCN(N4CCCCC4)C3=O)c(Cl)c2)cc1)N1CCC(C(F)(F)F)CC1. The maximum absolute atomic E-state index is 13.1. The van der Waals surface area contributed by atoms with Crippen LogP contribution in [0.3, 0.4) is 0 Å². The maximum Gasteiger partial charge on any atom is 0.391 e. The molecule has 3 heterocycles. The van der Waals surface area contributed by atoms with E-state index in [1.807, 2.05) is 17.1 Å².